The molecule has 0 spiro atoms. The molecule has 0 fully saturated rings. The first kappa shape index (κ1) is 11.8. The molecule has 0 unspecified atom stereocenters. The lowest BCUT2D eigenvalue weighted by Crippen LogP contribution is -2.15. The van der Waals surface area contributed by atoms with E-state index in [2.05, 4.69) is 15.5 Å². The van der Waals surface area contributed by atoms with Gasteiger partial charge in [-0.15, -0.1) is 0 Å². The summed E-state index contributed by atoms with van der Waals surface area (Å²) in [6, 6.07) is 6.30. The van der Waals surface area contributed by atoms with Crippen LogP contribution >= 0.6 is 0 Å². The molecule has 0 aliphatic heterocycles. The maximum absolute atomic E-state index is 11.8. The molecule has 1 amide bonds. The number of carbonyl (C=O) groups is 2. The average molecular weight is 245 g/mol. The van der Waals surface area contributed by atoms with Crippen LogP contribution in [0.3, 0.4) is 0 Å². The molecule has 1 aromatic heterocycles. The number of nitrogens with one attached hydrogen (secondary N) is 2. The summed E-state index contributed by atoms with van der Waals surface area (Å²) < 4.78 is 0. The van der Waals surface area contributed by atoms with Crippen molar-refractivity contribution in [1.82, 2.24) is 10.2 Å². The monoisotopic (exact) mass is 245 g/mol. The molecule has 2 rings (SSSR count). The number of carboxylic acids is 1. The Morgan fingerprint density at radius 1 is 1.33 bits per heavy atom. The van der Waals surface area contributed by atoms with E-state index in [0.717, 1.165) is 5.56 Å². The fourth-order valence-corrected chi connectivity index (χ4v) is 1.52. The van der Waals surface area contributed by atoms with Gasteiger partial charge in [-0.3, -0.25) is 9.89 Å². The van der Waals surface area contributed by atoms with Crippen molar-refractivity contribution in [1.29, 1.82) is 0 Å². The van der Waals surface area contributed by atoms with Crippen molar-refractivity contribution in [3.05, 3.63) is 47.3 Å². The molecule has 0 bridgehead atoms. The number of carbonyl (C=O) groups excluding carboxylic acids is 1. The van der Waals surface area contributed by atoms with Crippen LogP contribution in [-0.4, -0.2) is 27.2 Å². The van der Waals surface area contributed by atoms with Gasteiger partial charge in [-0.05, 0) is 25.1 Å². The van der Waals surface area contributed by atoms with E-state index >= 15 is 0 Å². The molecular formula is C12H11N3O3. The second-order valence-corrected chi connectivity index (χ2v) is 3.78. The minimum Gasteiger partial charge on any atom is -0.478 e. The van der Waals surface area contributed by atoms with E-state index in [4.69, 9.17) is 5.11 Å². The van der Waals surface area contributed by atoms with Crippen LogP contribution in [-0.2, 0) is 0 Å². The Labute approximate surface area is 103 Å². The van der Waals surface area contributed by atoms with Crippen LogP contribution < -0.4 is 5.32 Å². The minimum absolute atomic E-state index is 0.0582. The average Bonchev–Trinajstić information content (AvgIpc) is 2.84. The minimum atomic E-state index is -1.08. The first-order valence-electron chi connectivity index (χ1n) is 5.22. The topological polar surface area (TPSA) is 95.1 Å². The highest BCUT2D eigenvalue weighted by Gasteiger charge is 2.14. The summed E-state index contributed by atoms with van der Waals surface area (Å²) in [6.07, 6.45) is 1.45. The van der Waals surface area contributed by atoms with Crippen LogP contribution in [0.1, 0.15) is 26.4 Å². The smallest absolute Gasteiger partial charge is 0.337 e. The van der Waals surface area contributed by atoms with Crippen molar-refractivity contribution in [3.8, 4) is 0 Å². The summed E-state index contributed by atoms with van der Waals surface area (Å²) in [4.78, 5) is 22.8. The zero-order valence-corrected chi connectivity index (χ0v) is 9.60. The van der Waals surface area contributed by atoms with Crippen molar-refractivity contribution in [2.75, 3.05) is 5.32 Å². The summed E-state index contributed by atoms with van der Waals surface area (Å²) >= 11 is 0. The van der Waals surface area contributed by atoms with Gasteiger partial charge in [0.2, 0.25) is 0 Å². The van der Waals surface area contributed by atoms with Crippen molar-refractivity contribution >= 4 is 17.6 Å². The fourth-order valence-electron chi connectivity index (χ4n) is 1.52. The third-order valence-corrected chi connectivity index (χ3v) is 2.40. The number of carboxylic acid groups (broad SMARTS) is 1. The maximum atomic E-state index is 11.8. The number of rotatable bonds is 3. The highest BCUT2D eigenvalue weighted by Crippen LogP contribution is 2.18. The van der Waals surface area contributed by atoms with E-state index in [9.17, 15) is 9.59 Å². The Hall–Kier alpha value is -2.63. The number of amides is 1. The molecule has 0 radical (unpaired) electrons. The van der Waals surface area contributed by atoms with Crippen LogP contribution in [0.4, 0.5) is 5.69 Å². The molecule has 0 aliphatic carbocycles. The summed E-state index contributed by atoms with van der Waals surface area (Å²) in [7, 11) is 0. The summed E-state index contributed by atoms with van der Waals surface area (Å²) in [5.74, 6) is -1.52. The van der Waals surface area contributed by atoms with E-state index in [1.54, 1.807) is 19.1 Å². The Kier molecular flexibility index (Phi) is 3.09. The number of aromatic carboxylic acids is 1. The molecule has 92 valence electrons. The molecule has 1 heterocycles. The predicted octanol–water partition coefficient (Wildman–Crippen LogP) is 1.67. The zero-order valence-electron chi connectivity index (χ0n) is 9.60. The van der Waals surface area contributed by atoms with Crippen molar-refractivity contribution in [2.24, 2.45) is 0 Å². The van der Waals surface area contributed by atoms with E-state index in [1.807, 2.05) is 0 Å². The molecule has 0 atom stereocenters. The quantitative estimate of drug-likeness (QED) is 0.766. The second-order valence-electron chi connectivity index (χ2n) is 3.78. The molecule has 18 heavy (non-hydrogen) atoms. The molecule has 0 saturated carbocycles. The molecule has 1 aromatic carbocycles. The number of aromatic amines is 1. The highest BCUT2D eigenvalue weighted by molar-refractivity contribution is 6.06. The number of aryl methyl sites for hydroxylation is 1. The highest BCUT2D eigenvalue weighted by atomic mass is 16.4. The van der Waals surface area contributed by atoms with Crippen LogP contribution in [0.25, 0.3) is 0 Å². The van der Waals surface area contributed by atoms with Gasteiger partial charge in [0, 0.05) is 6.20 Å². The van der Waals surface area contributed by atoms with E-state index in [0.29, 0.717) is 0 Å². The lowest BCUT2D eigenvalue weighted by molar-refractivity contribution is 0.0698. The summed E-state index contributed by atoms with van der Waals surface area (Å²) in [5, 5.41) is 17.8. The SMILES string of the molecule is Cc1ccc(NC(=O)c2ccn[nH]2)c(C(=O)O)c1. The van der Waals surface area contributed by atoms with Gasteiger partial charge >= 0.3 is 5.97 Å². The number of hydrogen-bond acceptors (Lipinski definition) is 3. The first-order valence-corrected chi connectivity index (χ1v) is 5.22. The van der Waals surface area contributed by atoms with E-state index < -0.39 is 11.9 Å². The number of hydrogen-bond donors (Lipinski definition) is 3. The normalized spacial score (nSPS) is 10.1. The van der Waals surface area contributed by atoms with Gasteiger partial charge in [-0.25, -0.2) is 4.79 Å². The lowest BCUT2D eigenvalue weighted by Gasteiger charge is -2.08. The standard InChI is InChI=1S/C12H11N3O3/c1-7-2-3-9(8(6-7)12(17)18)14-11(16)10-4-5-13-15-10/h2-6H,1H3,(H,13,15)(H,14,16)(H,17,18). The van der Waals surface area contributed by atoms with E-state index in [-0.39, 0.29) is 16.9 Å². The molecular weight excluding hydrogens is 234 g/mol. The van der Waals surface area contributed by atoms with Gasteiger partial charge in [-0.1, -0.05) is 11.6 Å². The largest absolute Gasteiger partial charge is 0.478 e. The Morgan fingerprint density at radius 3 is 2.72 bits per heavy atom. The Balaban J connectivity index is 2.29. The third-order valence-electron chi connectivity index (χ3n) is 2.40. The molecule has 6 nitrogen and oxygen atoms in total. The number of anilines is 1. The number of H-pyrrole nitrogens is 1. The Bertz CT molecular complexity index is 591. The van der Waals surface area contributed by atoms with Crippen molar-refractivity contribution < 1.29 is 14.7 Å². The van der Waals surface area contributed by atoms with Gasteiger partial charge in [0.05, 0.1) is 11.3 Å². The molecule has 3 N–H and O–H groups in total. The van der Waals surface area contributed by atoms with Gasteiger partial charge in [0.1, 0.15) is 5.69 Å². The summed E-state index contributed by atoms with van der Waals surface area (Å²) in [5.41, 5.74) is 1.40. The second kappa shape index (κ2) is 4.70. The fraction of sp³-hybridized carbons (Fsp3) is 0.0833. The van der Waals surface area contributed by atoms with Crippen LogP contribution in [0, 0.1) is 6.92 Å². The lowest BCUT2D eigenvalue weighted by atomic mass is 10.1. The number of benzene rings is 1. The van der Waals surface area contributed by atoms with Gasteiger partial charge in [-0.2, -0.15) is 5.10 Å². The molecule has 2 aromatic rings. The van der Waals surface area contributed by atoms with Crippen LogP contribution in [0.15, 0.2) is 30.5 Å². The van der Waals surface area contributed by atoms with Crippen molar-refractivity contribution in [3.63, 3.8) is 0 Å². The van der Waals surface area contributed by atoms with Gasteiger partial charge in [0.15, 0.2) is 0 Å². The zero-order chi connectivity index (χ0) is 13.1. The summed E-state index contributed by atoms with van der Waals surface area (Å²) in [6.45, 7) is 1.78. The molecule has 0 saturated heterocycles. The molecule has 6 heteroatoms. The van der Waals surface area contributed by atoms with Crippen LogP contribution in [0.2, 0.25) is 0 Å². The number of nitrogens with zero attached hydrogens (tertiary/aromatic N) is 1. The first-order chi connectivity index (χ1) is 8.58. The molecule has 0 aliphatic rings. The van der Waals surface area contributed by atoms with Gasteiger partial charge in [0.25, 0.3) is 5.91 Å². The maximum Gasteiger partial charge on any atom is 0.337 e. The van der Waals surface area contributed by atoms with E-state index in [1.165, 1.54) is 18.3 Å². The predicted molar refractivity (Wildman–Crippen MR) is 64.7 cm³/mol. The number of aromatic nitrogens is 2. The Morgan fingerprint density at radius 2 is 2.11 bits per heavy atom. The van der Waals surface area contributed by atoms with Crippen LogP contribution in [0.5, 0.6) is 0 Å². The van der Waals surface area contributed by atoms with Crippen molar-refractivity contribution in [2.45, 2.75) is 6.92 Å². The third kappa shape index (κ3) is 2.37. The van der Waals surface area contributed by atoms with Gasteiger partial charge < -0.3 is 10.4 Å².